The monoisotopic (exact) mass is 334 g/mol. The second-order valence-electron chi connectivity index (χ2n) is 9.58. The highest BCUT2D eigenvalue weighted by atomic mass is 17.3. The molecular weight excluding hydrogens is 308 g/mol. The fraction of sp³-hybridized carbons (Fsp3) is 0.947. The number of aliphatic carboxylic acids is 1. The average molecular weight is 334 g/mol. The minimum Gasteiger partial charge on any atom is -0.481 e. The Balaban J connectivity index is 1.22. The molecule has 5 heteroatoms. The van der Waals surface area contributed by atoms with E-state index in [1.165, 1.54) is 32.1 Å². The van der Waals surface area contributed by atoms with Crippen molar-refractivity contribution >= 4 is 5.97 Å². The van der Waals surface area contributed by atoms with Gasteiger partial charge in [-0.1, -0.05) is 0 Å². The van der Waals surface area contributed by atoms with E-state index in [1.54, 1.807) is 0 Å². The molecule has 3 bridgehead atoms. The fourth-order valence-electron chi connectivity index (χ4n) is 7.64. The molecule has 0 aromatic rings. The van der Waals surface area contributed by atoms with Crippen molar-refractivity contribution in [1.29, 1.82) is 0 Å². The molecule has 24 heavy (non-hydrogen) atoms. The lowest BCUT2D eigenvalue weighted by molar-refractivity contribution is -0.375. The summed E-state index contributed by atoms with van der Waals surface area (Å²) in [7, 11) is 0. The first-order valence-corrected chi connectivity index (χ1v) is 9.82. The van der Waals surface area contributed by atoms with Crippen LogP contribution in [0.4, 0.5) is 0 Å². The molecule has 0 amide bonds. The lowest BCUT2D eigenvalue weighted by Gasteiger charge is -2.49. The van der Waals surface area contributed by atoms with E-state index in [0.717, 1.165) is 37.5 Å². The van der Waals surface area contributed by atoms with E-state index in [9.17, 15) is 4.79 Å². The van der Waals surface area contributed by atoms with Gasteiger partial charge in [-0.05, 0) is 68.1 Å². The molecule has 0 aromatic heterocycles. The van der Waals surface area contributed by atoms with Crippen molar-refractivity contribution in [1.82, 2.24) is 0 Å². The molecule has 4 unspecified atom stereocenters. The highest BCUT2D eigenvalue weighted by Gasteiger charge is 2.77. The average Bonchev–Trinajstić information content (AvgIpc) is 3.12. The van der Waals surface area contributed by atoms with Gasteiger partial charge in [0.05, 0.1) is 0 Å². The van der Waals surface area contributed by atoms with E-state index < -0.39 is 17.5 Å². The molecule has 5 nitrogen and oxygen atoms in total. The van der Waals surface area contributed by atoms with Crippen molar-refractivity contribution in [2.24, 2.45) is 35.0 Å². The van der Waals surface area contributed by atoms with Gasteiger partial charge >= 0.3 is 5.97 Å². The lowest BCUT2D eigenvalue weighted by Crippen LogP contribution is -2.50. The first-order chi connectivity index (χ1) is 11.5. The second-order valence-corrected chi connectivity index (χ2v) is 9.58. The number of ether oxygens (including phenoxy) is 1. The molecule has 1 N–H and O–H groups in total. The normalized spacial score (nSPS) is 59.9. The standard InChI is InChI=1S/C19H26O5/c20-16(21)5-11-1-3-18(4-2-11)22-19(24-23-18)14-7-12-6-13-8-15(19)10-17(12,13)9-14/h11-15H,1-10H2,(H,20,21)/t11-,12?,13?,14?,15?,17?,18+,19?. The Hall–Kier alpha value is -0.650. The van der Waals surface area contributed by atoms with Crippen molar-refractivity contribution in [2.75, 3.05) is 0 Å². The van der Waals surface area contributed by atoms with Gasteiger partial charge in [-0.25, -0.2) is 0 Å². The van der Waals surface area contributed by atoms with E-state index in [4.69, 9.17) is 19.6 Å². The Morgan fingerprint density at radius 1 is 0.958 bits per heavy atom. The maximum atomic E-state index is 10.9. The van der Waals surface area contributed by atoms with Crippen LogP contribution in [0.2, 0.25) is 0 Å². The molecule has 0 aromatic carbocycles. The van der Waals surface area contributed by atoms with Crippen molar-refractivity contribution in [2.45, 2.75) is 75.8 Å². The highest BCUT2D eigenvalue weighted by Crippen LogP contribution is 2.79. The number of hydrogen-bond donors (Lipinski definition) is 1. The third-order valence-corrected chi connectivity index (χ3v) is 8.72. The van der Waals surface area contributed by atoms with Gasteiger partial charge in [-0.3, -0.25) is 4.79 Å². The molecular formula is C19H26O5. The van der Waals surface area contributed by atoms with Gasteiger partial charge in [0.15, 0.2) is 0 Å². The molecule has 1 saturated heterocycles. The quantitative estimate of drug-likeness (QED) is 0.783. The van der Waals surface area contributed by atoms with Crippen LogP contribution in [0.1, 0.15) is 64.2 Å². The number of hydrogen-bond acceptors (Lipinski definition) is 4. The molecule has 4 atom stereocenters. The van der Waals surface area contributed by atoms with E-state index in [1.807, 2.05) is 0 Å². The van der Waals surface area contributed by atoms with Gasteiger partial charge in [-0.2, -0.15) is 9.78 Å². The maximum absolute atomic E-state index is 10.9. The number of fused-ring (bicyclic) bond motifs is 4. The fourth-order valence-corrected chi connectivity index (χ4v) is 7.64. The molecule has 1 heterocycles. The van der Waals surface area contributed by atoms with Crippen molar-refractivity contribution in [3.8, 4) is 0 Å². The van der Waals surface area contributed by atoms with Crippen LogP contribution in [-0.4, -0.2) is 22.7 Å². The van der Waals surface area contributed by atoms with Crippen LogP contribution in [0.5, 0.6) is 0 Å². The summed E-state index contributed by atoms with van der Waals surface area (Å²) in [6, 6.07) is 0. The summed E-state index contributed by atoms with van der Waals surface area (Å²) in [4.78, 5) is 22.9. The molecule has 3 spiro atoms. The zero-order valence-corrected chi connectivity index (χ0v) is 14.0. The molecule has 5 aliphatic carbocycles. The Labute approximate surface area is 141 Å². The third-order valence-electron chi connectivity index (χ3n) is 8.72. The number of carboxylic acids is 1. The minimum absolute atomic E-state index is 0.251. The van der Waals surface area contributed by atoms with E-state index in [2.05, 4.69) is 0 Å². The van der Waals surface area contributed by atoms with E-state index >= 15 is 0 Å². The smallest absolute Gasteiger partial charge is 0.303 e. The van der Waals surface area contributed by atoms with Crippen LogP contribution < -0.4 is 0 Å². The van der Waals surface area contributed by atoms with Gasteiger partial charge < -0.3 is 9.84 Å². The van der Waals surface area contributed by atoms with Crippen LogP contribution in [0, 0.1) is 35.0 Å². The van der Waals surface area contributed by atoms with Gasteiger partial charge in [0.2, 0.25) is 11.6 Å². The van der Waals surface area contributed by atoms with Crippen LogP contribution in [0.15, 0.2) is 0 Å². The van der Waals surface area contributed by atoms with Crippen LogP contribution in [-0.2, 0) is 19.3 Å². The topological polar surface area (TPSA) is 65.0 Å². The number of rotatable bonds is 2. The van der Waals surface area contributed by atoms with Gasteiger partial charge in [0.25, 0.3) is 0 Å². The SMILES string of the molecule is O=C(O)C[C@H]1CC[C@]2(CC1)OO[C@]1(O2)C2CC3CC4CC1CC34C2. The first-order valence-electron chi connectivity index (χ1n) is 9.82. The third kappa shape index (κ3) is 1.60. The first kappa shape index (κ1) is 14.5. The Bertz CT molecular complexity index is 569. The molecule has 6 aliphatic rings. The zero-order valence-electron chi connectivity index (χ0n) is 14.0. The maximum Gasteiger partial charge on any atom is 0.303 e. The summed E-state index contributed by atoms with van der Waals surface area (Å²) in [6.07, 6.45) is 10.0. The molecule has 132 valence electrons. The largest absolute Gasteiger partial charge is 0.481 e. The van der Waals surface area contributed by atoms with Crippen molar-refractivity contribution in [3.63, 3.8) is 0 Å². The summed E-state index contributed by atoms with van der Waals surface area (Å²) < 4.78 is 6.71. The molecule has 0 radical (unpaired) electrons. The van der Waals surface area contributed by atoms with Crippen molar-refractivity contribution < 1.29 is 24.4 Å². The van der Waals surface area contributed by atoms with Crippen molar-refractivity contribution in [3.05, 3.63) is 0 Å². The zero-order chi connectivity index (χ0) is 16.2. The molecule has 1 aliphatic heterocycles. The van der Waals surface area contributed by atoms with Gasteiger partial charge in [0, 0.05) is 31.1 Å². The molecule has 6 fully saturated rings. The van der Waals surface area contributed by atoms with Gasteiger partial charge in [0.1, 0.15) is 0 Å². The summed E-state index contributed by atoms with van der Waals surface area (Å²) >= 11 is 0. The lowest BCUT2D eigenvalue weighted by atomic mass is 9.56. The Morgan fingerprint density at radius 3 is 2.21 bits per heavy atom. The van der Waals surface area contributed by atoms with Crippen LogP contribution in [0.25, 0.3) is 0 Å². The molecule has 5 saturated carbocycles. The number of carboxylic acid groups (broad SMARTS) is 1. The summed E-state index contributed by atoms with van der Waals surface area (Å²) in [5, 5.41) is 9.00. The van der Waals surface area contributed by atoms with E-state index in [-0.39, 0.29) is 12.3 Å². The Morgan fingerprint density at radius 2 is 1.58 bits per heavy atom. The van der Waals surface area contributed by atoms with E-state index in [0.29, 0.717) is 17.3 Å². The summed E-state index contributed by atoms with van der Waals surface area (Å²) in [6.45, 7) is 0. The van der Waals surface area contributed by atoms with Crippen LogP contribution in [0.3, 0.4) is 0 Å². The summed E-state index contributed by atoms with van der Waals surface area (Å²) in [5.74, 6) is 1.28. The molecule has 6 rings (SSSR count). The van der Waals surface area contributed by atoms with Gasteiger partial charge in [-0.15, -0.1) is 0 Å². The predicted octanol–water partition coefficient (Wildman–Crippen LogP) is 3.48. The Kier molecular flexibility index (Phi) is 2.64. The predicted molar refractivity (Wildman–Crippen MR) is 82.4 cm³/mol. The highest BCUT2D eigenvalue weighted by molar-refractivity contribution is 5.67. The number of carbonyl (C=O) groups is 1. The summed E-state index contributed by atoms with van der Waals surface area (Å²) in [5.41, 5.74) is 0.641. The van der Waals surface area contributed by atoms with Crippen LogP contribution >= 0.6 is 0 Å². The minimum atomic E-state index is -0.698. The second kappa shape index (κ2) is 4.36.